The third kappa shape index (κ3) is 2.92. The molecule has 0 aliphatic carbocycles. The maximum Gasteiger partial charge on any atom is 0.162 e. The lowest BCUT2D eigenvalue weighted by molar-refractivity contribution is 0.564. The molecule has 2 rings (SSSR count). The molecule has 0 fully saturated rings. The second-order valence-electron chi connectivity index (χ2n) is 5.80. The van der Waals surface area contributed by atoms with Crippen LogP contribution in [0.15, 0.2) is 18.2 Å². The lowest BCUT2D eigenvalue weighted by Gasteiger charge is -2.21. The van der Waals surface area contributed by atoms with E-state index in [1.54, 1.807) is 6.07 Å². The highest BCUT2D eigenvalue weighted by molar-refractivity contribution is 14.1. The van der Waals surface area contributed by atoms with Crippen LogP contribution in [0.4, 0.5) is 10.2 Å². The summed E-state index contributed by atoms with van der Waals surface area (Å²) in [5.41, 5.74) is 8.38. The van der Waals surface area contributed by atoms with Gasteiger partial charge in [-0.15, -0.1) is 0 Å². The maximum atomic E-state index is 13.2. The lowest BCUT2D eigenvalue weighted by Crippen LogP contribution is -2.18. The first kappa shape index (κ1) is 15.2. The predicted molar refractivity (Wildman–Crippen MR) is 88.0 cm³/mol. The second-order valence-corrected chi connectivity index (χ2v) is 6.88. The van der Waals surface area contributed by atoms with Crippen molar-refractivity contribution in [2.75, 3.05) is 5.73 Å². The summed E-state index contributed by atoms with van der Waals surface area (Å²) >= 11 is 2.17. The number of anilines is 1. The summed E-state index contributed by atoms with van der Waals surface area (Å²) in [6, 6.07) is 4.58. The van der Waals surface area contributed by atoms with Crippen molar-refractivity contribution in [3.8, 4) is 11.4 Å². The number of nitrogens with two attached hydrogens (primary N) is 1. The van der Waals surface area contributed by atoms with E-state index in [1.165, 1.54) is 12.1 Å². The van der Waals surface area contributed by atoms with Crippen LogP contribution in [-0.4, -0.2) is 9.97 Å². The highest BCUT2D eigenvalue weighted by Gasteiger charge is 2.23. The molecular formula is C15H17FIN3. The molecule has 1 heterocycles. The Morgan fingerprint density at radius 2 is 1.85 bits per heavy atom. The third-order valence-corrected chi connectivity index (χ3v) is 4.08. The standard InChI is InChI=1S/C15H17FIN3/c1-8-7-9(16)5-6-10(8)14-19-12(15(2,3)4)11(17)13(18)20-14/h5-7H,1-4H3,(H2,18,19,20). The smallest absolute Gasteiger partial charge is 0.162 e. The quantitative estimate of drug-likeness (QED) is 0.753. The summed E-state index contributed by atoms with van der Waals surface area (Å²) in [6.07, 6.45) is 0. The van der Waals surface area contributed by atoms with Crippen molar-refractivity contribution >= 4 is 28.4 Å². The second kappa shape index (κ2) is 5.27. The summed E-state index contributed by atoms with van der Waals surface area (Å²) in [5.74, 6) is 0.746. The molecule has 1 aromatic carbocycles. The number of nitrogen functional groups attached to an aromatic ring is 1. The van der Waals surface area contributed by atoms with E-state index in [2.05, 4.69) is 53.3 Å². The molecule has 0 saturated heterocycles. The molecule has 5 heteroatoms. The van der Waals surface area contributed by atoms with E-state index in [-0.39, 0.29) is 11.2 Å². The van der Waals surface area contributed by atoms with Gasteiger partial charge in [0.15, 0.2) is 5.82 Å². The van der Waals surface area contributed by atoms with Crippen molar-refractivity contribution < 1.29 is 4.39 Å². The molecule has 0 aliphatic heterocycles. The molecule has 0 unspecified atom stereocenters. The number of nitrogens with zero attached hydrogens (tertiary/aromatic N) is 2. The maximum absolute atomic E-state index is 13.2. The van der Waals surface area contributed by atoms with E-state index in [4.69, 9.17) is 5.73 Å². The molecule has 0 amide bonds. The zero-order valence-corrected chi connectivity index (χ0v) is 14.1. The van der Waals surface area contributed by atoms with Crippen LogP contribution >= 0.6 is 22.6 Å². The van der Waals surface area contributed by atoms with Crippen molar-refractivity contribution in [1.29, 1.82) is 0 Å². The molecule has 2 aromatic rings. The SMILES string of the molecule is Cc1cc(F)ccc1-c1nc(N)c(I)c(C(C)(C)C)n1. The lowest BCUT2D eigenvalue weighted by atomic mass is 9.91. The monoisotopic (exact) mass is 385 g/mol. The molecule has 0 saturated carbocycles. The number of halogens is 2. The molecule has 1 aromatic heterocycles. The predicted octanol–water partition coefficient (Wildman–Crippen LogP) is 4.08. The summed E-state index contributed by atoms with van der Waals surface area (Å²) < 4.78 is 14.1. The van der Waals surface area contributed by atoms with Gasteiger partial charge >= 0.3 is 0 Å². The fourth-order valence-electron chi connectivity index (χ4n) is 1.96. The van der Waals surface area contributed by atoms with Crippen LogP contribution in [0.25, 0.3) is 11.4 Å². The van der Waals surface area contributed by atoms with Crippen molar-refractivity contribution in [1.82, 2.24) is 9.97 Å². The Balaban J connectivity index is 2.67. The Morgan fingerprint density at radius 1 is 1.20 bits per heavy atom. The van der Waals surface area contributed by atoms with Gasteiger partial charge in [-0.1, -0.05) is 20.8 Å². The van der Waals surface area contributed by atoms with Crippen molar-refractivity contribution in [3.05, 3.63) is 38.8 Å². The number of aromatic nitrogens is 2. The first-order valence-corrected chi connectivity index (χ1v) is 7.38. The topological polar surface area (TPSA) is 51.8 Å². The average Bonchev–Trinajstić information content (AvgIpc) is 2.31. The van der Waals surface area contributed by atoms with E-state index >= 15 is 0 Å². The summed E-state index contributed by atoms with van der Waals surface area (Å²) in [5, 5.41) is 0. The summed E-state index contributed by atoms with van der Waals surface area (Å²) in [4.78, 5) is 8.99. The van der Waals surface area contributed by atoms with Gasteiger partial charge in [-0.3, -0.25) is 0 Å². The van der Waals surface area contributed by atoms with Gasteiger partial charge in [-0.05, 0) is 53.3 Å². The summed E-state index contributed by atoms with van der Waals surface area (Å²) in [6.45, 7) is 8.08. The van der Waals surface area contributed by atoms with Crippen LogP contribution in [0.5, 0.6) is 0 Å². The van der Waals surface area contributed by atoms with Crippen LogP contribution in [0.1, 0.15) is 32.0 Å². The van der Waals surface area contributed by atoms with Gasteiger partial charge in [0.2, 0.25) is 0 Å². The minimum atomic E-state index is -0.263. The molecule has 0 radical (unpaired) electrons. The van der Waals surface area contributed by atoms with Gasteiger partial charge in [0.25, 0.3) is 0 Å². The normalized spacial score (nSPS) is 11.7. The van der Waals surface area contributed by atoms with Gasteiger partial charge in [-0.2, -0.15) is 0 Å². The van der Waals surface area contributed by atoms with Crippen LogP contribution in [0.2, 0.25) is 0 Å². The molecular weight excluding hydrogens is 368 g/mol. The molecule has 0 spiro atoms. The highest BCUT2D eigenvalue weighted by Crippen LogP contribution is 2.31. The van der Waals surface area contributed by atoms with Crippen LogP contribution in [0, 0.1) is 16.3 Å². The largest absolute Gasteiger partial charge is 0.383 e. The van der Waals surface area contributed by atoms with Crippen molar-refractivity contribution in [2.24, 2.45) is 0 Å². The Hall–Kier alpha value is -1.24. The zero-order chi connectivity index (χ0) is 15.1. The number of hydrogen-bond donors (Lipinski definition) is 1. The van der Waals surface area contributed by atoms with E-state index in [0.29, 0.717) is 11.6 Å². The van der Waals surface area contributed by atoms with E-state index in [9.17, 15) is 4.39 Å². The van der Waals surface area contributed by atoms with Gasteiger partial charge in [0, 0.05) is 11.0 Å². The van der Waals surface area contributed by atoms with Gasteiger partial charge in [0.05, 0.1) is 9.26 Å². The fraction of sp³-hybridized carbons (Fsp3) is 0.333. The third-order valence-electron chi connectivity index (χ3n) is 3.02. The van der Waals surface area contributed by atoms with Crippen LogP contribution in [0.3, 0.4) is 0 Å². The molecule has 106 valence electrons. The fourth-order valence-corrected chi connectivity index (χ4v) is 3.01. The van der Waals surface area contributed by atoms with E-state index in [1.807, 2.05) is 6.92 Å². The number of aryl methyl sites for hydroxylation is 1. The molecule has 0 atom stereocenters. The van der Waals surface area contributed by atoms with E-state index < -0.39 is 0 Å². The van der Waals surface area contributed by atoms with E-state index in [0.717, 1.165) is 20.4 Å². The Morgan fingerprint density at radius 3 is 2.40 bits per heavy atom. The number of rotatable bonds is 1. The highest BCUT2D eigenvalue weighted by atomic mass is 127. The molecule has 20 heavy (non-hydrogen) atoms. The zero-order valence-electron chi connectivity index (χ0n) is 12.0. The van der Waals surface area contributed by atoms with Gasteiger partial charge in [0.1, 0.15) is 11.6 Å². The molecule has 3 nitrogen and oxygen atoms in total. The molecule has 0 aliphatic rings. The van der Waals surface area contributed by atoms with Crippen molar-refractivity contribution in [2.45, 2.75) is 33.1 Å². The average molecular weight is 385 g/mol. The van der Waals surface area contributed by atoms with Gasteiger partial charge < -0.3 is 5.73 Å². The van der Waals surface area contributed by atoms with Gasteiger partial charge in [-0.25, -0.2) is 14.4 Å². The minimum absolute atomic E-state index is 0.129. The Kier molecular flexibility index (Phi) is 4.00. The van der Waals surface area contributed by atoms with Crippen LogP contribution < -0.4 is 5.73 Å². The Bertz CT molecular complexity index is 663. The Labute approximate surface area is 132 Å². The molecule has 2 N–H and O–H groups in total. The molecule has 0 bridgehead atoms. The van der Waals surface area contributed by atoms with Crippen LogP contribution in [-0.2, 0) is 5.41 Å². The first-order chi connectivity index (χ1) is 9.20. The number of hydrogen-bond acceptors (Lipinski definition) is 3. The van der Waals surface area contributed by atoms with Crippen molar-refractivity contribution in [3.63, 3.8) is 0 Å². The number of benzene rings is 1. The first-order valence-electron chi connectivity index (χ1n) is 6.30. The summed E-state index contributed by atoms with van der Waals surface area (Å²) in [7, 11) is 0. The minimum Gasteiger partial charge on any atom is -0.383 e.